The Balaban J connectivity index is 1.91. The summed E-state index contributed by atoms with van der Waals surface area (Å²) >= 11 is 0. The number of aryl methyl sites for hydroxylation is 1. The normalized spacial score (nSPS) is 10.3. The van der Waals surface area contributed by atoms with Crippen LogP contribution in [0.2, 0.25) is 0 Å². The molecule has 1 N–H and O–H groups in total. The molecule has 1 heterocycles. The van der Waals surface area contributed by atoms with E-state index in [-0.39, 0.29) is 0 Å². The van der Waals surface area contributed by atoms with Crippen molar-refractivity contribution in [1.82, 2.24) is 10.3 Å². The maximum absolute atomic E-state index is 5.62. The van der Waals surface area contributed by atoms with Crippen LogP contribution >= 0.6 is 0 Å². The van der Waals surface area contributed by atoms with Crippen LogP contribution in [-0.4, -0.2) is 12.0 Å². The second-order valence-electron chi connectivity index (χ2n) is 4.31. The quantitative estimate of drug-likeness (QED) is 0.875. The SMILES string of the molecule is CNCc1ccc(COc2ccc(C)cn2)cc1. The number of hydrogen-bond donors (Lipinski definition) is 1. The first-order valence-corrected chi connectivity index (χ1v) is 6.06. The summed E-state index contributed by atoms with van der Waals surface area (Å²) in [7, 11) is 1.94. The number of aromatic nitrogens is 1. The highest BCUT2D eigenvalue weighted by molar-refractivity contribution is 5.23. The van der Waals surface area contributed by atoms with Crippen molar-refractivity contribution in [2.45, 2.75) is 20.1 Å². The molecule has 94 valence electrons. The zero-order valence-electron chi connectivity index (χ0n) is 10.8. The minimum absolute atomic E-state index is 0.551. The molecule has 0 radical (unpaired) electrons. The molecule has 0 spiro atoms. The lowest BCUT2D eigenvalue weighted by Gasteiger charge is -2.06. The van der Waals surface area contributed by atoms with E-state index in [1.165, 1.54) is 5.56 Å². The molecule has 0 saturated heterocycles. The number of rotatable bonds is 5. The fraction of sp³-hybridized carbons (Fsp3) is 0.267. The van der Waals surface area contributed by atoms with Crippen molar-refractivity contribution in [3.63, 3.8) is 0 Å². The number of nitrogens with one attached hydrogen (secondary N) is 1. The minimum atomic E-state index is 0.551. The van der Waals surface area contributed by atoms with Crippen LogP contribution in [0.25, 0.3) is 0 Å². The fourth-order valence-electron chi connectivity index (χ4n) is 1.65. The van der Waals surface area contributed by atoms with Crippen molar-refractivity contribution >= 4 is 0 Å². The second kappa shape index (κ2) is 6.17. The zero-order valence-corrected chi connectivity index (χ0v) is 10.8. The molecule has 0 unspecified atom stereocenters. The number of pyridine rings is 1. The van der Waals surface area contributed by atoms with Gasteiger partial charge in [-0.25, -0.2) is 4.98 Å². The van der Waals surface area contributed by atoms with E-state index in [1.54, 1.807) is 0 Å². The van der Waals surface area contributed by atoms with Gasteiger partial charge in [0.05, 0.1) is 0 Å². The topological polar surface area (TPSA) is 34.1 Å². The van der Waals surface area contributed by atoms with Crippen LogP contribution < -0.4 is 10.1 Å². The second-order valence-corrected chi connectivity index (χ2v) is 4.31. The Morgan fingerprint density at radius 1 is 1.06 bits per heavy atom. The van der Waals surface area contributed by atoms with E-state index in [2.05, 4.69) is 34.6 Å². The lowest BCUT2D eigenvalue weighted by Crippen LogP contribution is -2.05. The smallest absolute Gasteiger partial charge is 0.213 e. The van der Waals surface area contributed by atoms with Gasteiger partial charge in [0.1, 0.15) is 6.61 Å². The maximum Gasteiger partial charge on any atom is 0.213 e. The average molecular weight is 242 g/mol. The molecular weight excluding hydrogens is 224 g/mol. The van der Waals surface area contributed by atoms with Crippen LogP contribution in [0, 0.1) is 6.92 Å². The van der Waals surface area contributed by atoms with E-state index in [0.29, 0.717) is 12.5 Å². The Bertz CT molecular complexity index is 477. The molecule has 0 aliphatic rings. The molecule has 18 heavy (non-hydrogen) atoms. The monoisotopic (exact) mass is 242 g/mol. The molecule has 1 aromatic heterocycles. The summed E-state index contributed by atoms with van der Waals surface area (Å²) < 4.78 is 5.62. The molecule has 0 amide bonds. The Labute approximate surface area is 108 Å². The van der Waals surface area contributed by atoms with Crippen molar-refractivity contribution in [2.24, 2.45) is 0 Å². The van der Waals surface area contributed by atoms with Gasteiger partial charge in [-0.2, -0.15) is 0 Å². The number of benzene rings is 1. The molecule has 2 aromatic rings. The van der Waals surface area contributed by atoms with E-state index in [4.69, 9.17) is 4.74 Å². The number of hydrogen-bond acceptors (Lipinski definition) is 3. The highest BCUT2D eigenvalue weighted by Crippen LogP contribution is 2.10. The lowest BCUT2D eigenvalue weighted by atomic mass is 10.1. The van der Waals surface area contributed by atoms with E-state index >= 15 is 0 Å². The largest absolute Gasteiger partial charge is 0.473 e. The van der Waals surface area contributed by atoms with Gasteiger partial charge < -0.3 is 10.1 Å². The van der Waals surface area contributed by atoms with Crippen molar-refractivity contribution in [3.8, 4) is 5.88 Å². The summed E-state index contributed by atoms with van der Waals surface area (Å²) in [6.07, 6.45) is 1.81. The van der Waals surface area contributed by atoms with E-state index in [0.717, 1.165) is 17.7 Å². The predicted molar refractivity (Wildman–Crippen MR) is 72.5 cm³/mol. The standard InChI is InChI=1S/C15H18N2O/c1-12-3-8-15(17-9-12)18-11-14-6-4-13(5-7-14)10-16-2/h3-9,16H,10-11H2,1-2H3. The van der Waals surface area contributed by atoms with Crippen molar-refractivity contribution in [1.29, 1.82) is 0 Å². The minimum Gasteiger partial charge on any atom is -0.473 e. The lowest BCUT2D eigenvalue weighted by molar-refractivity contribution is 0.294. The summed E-state index contributed by atoms with van der Waals surface area (Å²) in [5, 5.41) is 3.13. The Morgan fingerprint density at radius 2 is 1.78 bits per heavy atom. The van der Waals surface area contributed by atoms with Gasteiger partial charge in [0.2, 0.25) is 5.88 Å². The first kappa shape index (κ1) is 12.6. The van der Waals surface area contributed by atoms with Crippen molar-refractivity contribution in [3.05, 3.63) is 59.3 Å². The molecule has 2 rings (SSSR count). The highest BCUT2D eigenvalue weighted by Gasteiger charge is 1.97. The molecule has 0 fully saturated rings. The molecule has 3 heteroatoms. The molecule has 0 atom stereocenters. The van der Waals surface area contributed by atoms with Crippen molar-refractivity contribution < 1.29 is 4.74 Å². The van der Waals surface area contributed by atoms with Crippen LogP contribution in [0.5, 0.6) is 5.88 Å². The molecule has 0 aliphatic heterocycles. The molecule has 0 bridgehead atoms. The van der Waals surface area contributed by atoms with Crippen LogP contribution in [0.1, 0.15) is 16.7 Å². The van der Waals surface area contributed by atoms with E-state index in [9.17, 15) is 0 Å². The molecular formula is C15H18N2O. The van der Waals surface area contributed by atoms with Crippen LogP contribution in [0.3, 0.4) is 0 Å². The third kappa shape index (κ3) is 3.57. The summed E-state index contributed by atoms with van der Waals surface area (Å²) in [4.78, 5) is 4.21. The summed E-state index contributed by atoms with van der Waals surface area (Å²) in [6.45, 7) is 3.45. The Kier molecular flexibility index (Phi) is 4.31. The number of ether oxygens (including phenoxy) is 1. The molecule has 0 aliphatic carbocycles. The number of nitrogens with zero attached hydrogens (tertiary/aromatic N) is 1. The summed E-state index contributed by atoms with van der Waals surface area (Å²) in [6, 6.07) is 12.3. The molecule has 0 saturated carbocycles. The molecule has 1 aromatic carbocycles. The van der Waals surface area contributed by atoms with Gasteiger partial charge in [-0.1, -0.05) is 30.3 Å². The van der Waals surface area contributed by atoms with Gasteiger partial charge >= 0.3 is 0 Å². The van der Waals surface area contributed by atoms with Crippen LogP contribution in [0.15, 0.2) is 42.6 Å². The maximum atomic E-state index is 5.62. The van der Waals surface area contributed by atoms with Gasteiger partial charge in [-0.05, 0) is 30.7 Å². The van der Waals surface area contributed by atoms with Crippen molar-refractivity contribution in [2.75, 3.05) is 7.05 Å². The van der Waals surface area contributed by atoms with Gasteiger partial charge in [0.15, 0.2) is 0 Å². The third-order valence-corrected chi connectivity index (χ3v) is 2.67. The average Bonchev–Trinajstić information content (AvgIpc) is 2.40. The Morgan fingerprint density at radius 3 is 2.39 bits per heavy atom. The van der Waals surface area contributed by atoms with Gasteiger partial charge in [-0.15, -0.1) is 0 Å². The van der Waals surface area contributed by atoms with Gasteiger partial charge in [0, 0.05) is 18.8 Å². The molecule has 3 nitrogen and oxygen atoms in total. The highest BCUT2D eigenvalue weighted by atomic mass is 16.5. The first-order chi connectivity index (χ1) is 8.78. The van der Waals surface area contributed by atoms with Gasteiger partial charge in [0.25, 0.3) is 0 Å². The van der Waals surface area contributed by atoms with Crippen LogP contribution in [0.4, 0.5) is 0 Å². The van der Waals surface area contributed by atoms with Gasteiger partial charge in [-0.3, -0.25) is 0 Å². The third-order valence-electron chi connectivity index (χ3n) is 2.67. The first-order valence-electron chi connectivity index (χ1n) is 6.06. The zero-order chi connectivity index (χ0) is 12.8. The fourth-order valence-corrected chi connectivity index (χ4v) is 1.65. The van der Waals surface area contributed by atoms with Crippen LogP contribution in [-0.2, 0) is 13.2 Å². The van der Waals surface area contributed by atoms with E-state index in [1.807, 2.05) is 32.3 Å². The van der Waals surface area contributed by atoms with E-state index < -0.39 is 0 Å². The predicted octanol–water partition coefficient (Wildman–Crippen LogP) is 2.69. The Hall–Kier alpha value is -1.87. The summed E-state index contributed by atoms with van der Waals surface area (Å²) in [5.41, 5.74) is 3.56. The summed E-state index contributed by atoms with van der Waals surface area (Å²) in [5.74, 6) is 0.667.